The molecule has 0 radical (unpaired) electrons. The van der Waals surface area contributed by atoms with Gasteiger partial charge in [-0.3, -0.25) is 14.4 Å². The molecule has 0 spiro atoms. The fourth-order valence-electron chi connectivity index (χ4n) is 3.35. The summed E-state index contributed by atoms with van der Waals surface area (Å²) in [6.45, 7) is 1.86. The summed E-state index contributed by atoms with van der Waals surface area (Å²) in [5.74, 6) is -1.19. The van der Waals surface area contributed by atoms with Gasteiger partial charge in [0.25, 0.3) is 0 Å². The molecule has 3 rings (SSSR count). The van der Waals surface area contributed by atoms with E-state index in [1.165, 1.54) is 13.2 Å². The zero-order valence-electron chi connectivity index (χ0n) is 16.3. The summed E-state index contributed by atoms with van der Waals surface area (Å²) in [6, 6.07) is 12.2. The van der Waals surface area contributed by atoms with Crippen molar-refractivity contribution in [2.75, 3.05) is 25.2 Å². The Labute approximate surface area is 174 Å². The standard InChI is InChI=1S/C22H22ClNO5/c1-3-14-6-4-5-7-18(14)24-12-16(11-21(24)26)22(27)29-13-19(25)15-8-9-20(28-2)17(23)10-15/h4-10,16H,3,11-13H2,1-2H3/t16-/m1/s1. The van der Waals surface area contributed by atoms with Crippen LogP contribution in [-0.4, -0.2) is 37.9 Å². The lowest BCUT2D eigenvalue weighted by Crippen LogP contribution is -2.28. The van der Waals surface area contributed by atoms with E-state index in [9.17, 15) is 14.4 Å². The van der Waals surface area contributed by atoms with Gasteiger partial charge in [-0.25, -0.2) is 0 Å². The van der Waals surface area contributed by atoms with E-state index in [4.69, 9.17) is 21.1 Å². The first-order chi connectivity index (χ1) is 13.9. The van der Waals surface area contributed by atoms with Gasteiger partial charge in [0.2, 0.25) is 5.91 Å². The lowest BCUT2D eigenvalue weighted by atomic mass is 10.1. The summed E-state index contributed by atoms with van der Waals surface area (Å²) in [6.07, 6.45) is 0.855. The van der Waals surface area contributed by atoms with Crippen LogP contribution < -0.4 is 9.64 Å². The molecule has 7 heteroatoms. The maximum atomic E-state index is 12.4. The summed E-state index contributed by atoms with van der Waals surface area (Å²) in [5, 5.41) is 0.302. The predicted molar refractivity (Wildman–Crippen MR) is 110 cm³/mol. The zero-order chi connectivity index (χ0) is 21.0. The van der Waals surface area contributed by atoms with Crippen molar-refractivity contribution in [3.8, 4) is 5.75 Å². The van der Waals surface area contributed by atoms with Crippen LogP contribution in [0.1, 0.15) is 29.3 Å². The van der Waals surface area contributed by atoms with Crippen molar-refractivity contribution in [1.29, 1.82) is 0 Å². The van der Waals surface area contributed by atoms with E-state index < -0.39 is 18.5 Å². The molecule has 6 nitrogen and oxygen atoms in total. The van der Waals surface area contributed by atoms with Gasteiger partial charge in [-0.1, -0.05) is 36.7 Å². The van der Waals surface area contributed by atoms with Crippen LogP contribution in [0, 0.1) is 5.92 Å². The predicted octanol–water partition coefficient (Wildman–Crippen LogP) is 3.69. The van der Waals surface area contributed by atoms with E-state index >= 15 is 0 Å². The van der Waals surface area contributed by atoms with Gasteiger partial charge in [-0.15, -0.1) is 0 Å². The molecular formula is C22H22ClNO5. The van der Waals surface area contributed by atoms with Crippen molar-refractivity contribution in [2.24, 2.45) is 5.92 Å². The van der Waals surface area contributed by atoms with Gasteiger partial charge in [0.05, 0.1) is 18.1 Å². The third kappa shape index (κ3) is 4.59. The highest BCUT2D eigenvalue weighted by molar-refractivity contribution is 6.32. The molecule has 0 N–H and O–H groups in total. The molecule has 1 heterocycles. The van der Waals surface area contributed by atoms with Gasteiger partial charge in [-0.05, 0) is 36.2 Å². The van der Waals surface area contributed by atoms with Crippen LogP contribution >= 0.6 is 11.6 Å². The lowest BCUT2D eigenvalue weighted by molar-refractivity contribution is -0.147. The van der Waals surface area contributed by atoms with Crippen LogP contribution in [0.3, 0.4) is 0 Å². The third-order valence-electron chi connectivity index (χ3n) is 4.94. The van der Waals surface area contributed by atoms with Gasteiger partial charge in [-0.2, -0.15) is 0 Å². The average molecular weight is 416 g/mol. The number of amides is 1. The Kier molecular flexibility index (Phi) is 6.54. The summed E-state index contributed by atoms with van der Waals surface area (Å²) in [7, 11) is 1.48. The first-order valence-electron chi connectivity index (χ1n) is 9.36. The minimum atomic E-state index is -0.598. The van der Waals surface area contributed by atoms with Crippen molar-refractivity contribution >= 4 is 34.9 Å². The number of ketones is 1. The number of para-hydroxylation sites is 1. The number of carbonyl (C=O) groups excluding carboxylic acids is 3. The van der Waals surface area contributed by atoms with Gasteiger partial charge < -0.3 is 14.4 Å². The van der Waals surface area contributed by atoms with E-state index in [0.29, 0.717) is 16.3 Å². The molecule has 0 saturated carbocycles. The molecule has 2 aromatic rings. The number of esters is 1. The molecule has 0 aromatic heterocycles. The van der Waals surface area contributed by atoms with Crippen LogP contribution in [0.25, 0.3) is 0 Å². The Morgan fingerprint density at radius 3 is 2.66 bits per heavy atom. The topological polar surface area (TPSA) is 72.9 Å². The molecular weight excluding hydrogens is 394 g/mol. The highest BCUT2D eigenvalue weighted by Gasteiger charge is 2.37. The second-order valence-electron chi connectivity index (χ2n) is 6.77. The maximum absolute atomic E-state index is 12.4. The third-order valence-corrected chi connectivity index (χ3v) is 5.24. The number of ether oxygens (including phenoxy) is 2. The quantitative estimate of drug-likeness (QED) is 0.509. The molecule has 2 aromatic carbocycles. The normalized spacial score (nSPS) is 16.0. The Hall–Kier alpha value is -2.86. The smallest absolute Gasteiger partial charge is 0.311 e. The first kappa shape index (κ1) is 20.9. The number of Topliss-reactive ketones (excluding diaryl/α,β-unsaturated/α-hetero) is 1. The van der Waals surface area contributed by atoms with Gasteiger partial charge in [0, 0.05) is 24.2 Å². The second-order valence-corrected chi connectivity index (χ2v) is 7.18. The number of anilines is 1. The summed E-state index contributed by atoms with van der Waals surface area (Å²) in [4.78, 5) is 38.8. The van der Waals surface area contributed by atoms with Crippen molar-refractivity contribution in [2.45, 2.75) is 19.8 Å². The van der Waals surface area contributed by atoms with E-state index in [1.807, 2.05) is 31.2 Å². The SMILES string of the molecule is CCc1ccccc1N1C[C@H](C(=O)OCC(=O)c2ccc(OC)c(Cl)c2)CC1=O. The first-order valence-corrected chi connectivity index (χ1v) is 9.74. The monoisotopic (exact) mass is 415 g/mol. The van der Waals surface area contributed by atoms with E-state index in [-0.39, 0.29) is 24.7 Å². The van der Waals surface area contributed by atoms with Crippen LogP contribution in [0.2, 0.25) is 5.02 Å². The number of rotatable bonds is 7. The Morgan fingerprint density at radius 1 is 1.21 bits per heavy atom. The lowest BCUT2D eigenvalue weighted by Gasteiger charge is -2.19. The van der Waals surface area contributed by atoms with Gasteiger partial charge >= 0.3 is 5.97 Å². The van der Waals surface area contributed by atoms with Crippen LogP contribution in [0.4, 0.5) is 5.69 Å². The molecule has 1 amide bonds. The highest BCUT2D eigenvalue weighted by Crippen LogP contribution is 2.29. The molecule has 0 aliphatic carbocycles. The number of nitrogens with zero attached hydrogens (tertiary/aromatic N) is 1. The van der Waals surface area contributed by atoms with E-state index in [2.05, 4.69) is 0 Å². The number of halogens is 1. The van der Waals surface area contributed by atoms with Crippen molar-refractivity contribution in [1.82, 2.24) is 0 Å². The molecule has 1 aliphatic rings. The summed E-state index contributed by atoms with van der Waals surface area (Å²) in [5.41, 5.74) is 2.19. The molecule has 29 heavy (non-hydrogen) atoms. The number of hydrogen-bond donors (Lipinski definition) is 0. The fraction of sp³-hybridized carbons (Fsp3) is 0.318. The average Bonchev–Trinajstić information content (AvgIpc) is 3.13. The Balaban J connectivity index is 1.61. The molecule has 0 bridgehead atoms. The fourth-order valence-corrected chi connectivity index (χ4v) is 3.61. The molecule has 1 fully saturated rings. The molecule has 1 atom stereocenters. The Bertz CT molecular complexity index is 943. The van der Waals surface area contributed by atoms with Crippen molar-refractivity contribution in [3.63, 3.8) is 0 Å². The minimum absolute atomic E-state index is 0.0689. The van der Waals surface area contributed by atoms with E-state index in [0.717, 1.165) is 17.7 Å². The van der Waals surface area contributed by atoms with E-state index in [1.54, 1.807) is 17.0 Å². The van der Waals surface area contributed by atoms with Crippen LogP contribution in [0.5, 0.6) is 5.75 Å². The zero-order valence-corrected chi connectivity index (χ0v) is 17.1. The number of benzene rings is 2. The van der Waals surface area contributed by atoms with Crippen molar-refractivity contribution in [3.05, 3.63) is 58.6 Å². The van der Waals surface area contributed by atoms with Crippen molar-refractivity contribution < 1.29 is 23.9 Å². The van der Waals surface area contributed by atoms with Gasteiger partial charge in [0.1, 0.15) is 5.75 Å². The molecule has 1 saturated heterocycles. The minimum Gasteiger partial charge on any atom is -0.495 e. The number of carbonyl (C=O) groups is 3. The number of methoxy groups -OCH3 is 1. The van der Waals surface area contributed by atoms with Crippen LogP contribution in [-0.2, 0) is 20.7 Å². The number of aryl methyl sites for hydroxylation is 1. The van der Waals surface area contributed by atoms with Gasteiger partial charge in [0.15, 0.2) is 12.4 Å². The Morgan fingerprint density at radius 2 is 1.97 bits per heavy atom. The summed E-state index contributed by atoms with van der Waals surface area (Å²) < 4.78 is 10.2. The molecule has 1 aliphatic heterocycles. The molecule has 0 unspecified atom stereocenters. The maximum Gasteiger partial charge on any atom is 0.311 e. The summed E-state index contributed by atoms with van der Waals surface area (Å²) >= 11 is 6.03. The largest absolute Gasteiger partial charge is 0.495 e. The molecule has 152 valence electrons. The second kappa shape index (κ2) is 9.09. The number of hydrogen-bond acceptors (Lipinski definition) is 5. The van der Waals surface area contributed by atoms with Crippen LogP contribution in [0.15, 0.2) is 42.5 Å². The highest BCUT2D eigenvalue weighted by atomic mass is 35.5.